The van der Waals surface area contributed by atoms with Gasteiger partial charge in [-0.1, -0.05) is 60.8 Å². The zero-order valence-electron chi connectivity index (χ0n) is 16.0. The Balaban J connectivity index is 2.71. The monoisotopic (exact) mass is 407 g/mol. The number of nitrogens with one attached hydrogen (secondary N) is 1. The molecule has 2 aromatic rings. The van der Waals surface area contributed by atoms with Gasteiger partial charge in [-0.05, 0) is 55.4 Å². The highest BCUT2D eigenvalue weighted by molar-refractivity contribution is 6.30. The smallest absolute Gasteiger partial charge is 0.312 e. The summed E-state index contributed by atoms with van der Waals surface area (Å²) in [6, 6.07) is 15.1. The lowest BCUT2D eigenvalue weighted by molar-refractivity contribution is 0.217. The van der Waals surface area contributed by atoms with Gasteiger partial charge in [0.1, 0.15) is 0 Å². The lowest BCUT2D eigenvalue weighted by Gasteiger charge is -2.43. The number of halogens is 2. The number of hydrogen-bond donors (Lipinski definition) is 2. The molecular weight excluding hydrogens is 381 g/mol. The highest BCUT2D eigenvalue weighted by Crippen LogP contribution is 2.42. The largest absolute Gasteiger partial charge is 0.352 e. The first-order valence-electron chi connectivity index (χ1n) is 8.99. The normalized spacial score (nSPS) is 12.8. The van der Waals surface area contributed by atoms with Gasteiger partial charge in [0, 0.05) is 28.5 Å². The number of hydrogen-bond acceptors (Lipinski definition) is 2. The van der Waals surface area contributed by atoms with Crippen LogP contribution in [-0.2, 0) is 5.41 Å². The summed E-state index contributed by atoms with van der Waals surface area (Å²) in [5, 5.41) is 4.20. The summed E-state index contributed by atoms with van der Waals surface area (Å²) in [4.78, 5) is 13.8. The SMILES string of the molecule is CCC(CN(C)C)C(CNC(N)=O)(c1ccc(Cl)cc1)c1ccc(Cl)cc1. The van der Waals surface area contributed by atoms with Crippen LogP contribution in [0.4, 0.5) is 4.79 Å². The number of benzene rings is 2. The molecule has 2 amide bonds. The van der Waals surface area contributed by atoms with Crippen molar-refractivity contribution in [2.24, 2.45) is 11.7 Å². The van der Waals surface area contributed by atoms with E-state index in [1.165, 1.54) is 0 Å². The van der Waals surface area contributed by atoms with Crippen LogP contribution in [0.2, 0.25) is 10.0 Å². The maximum atomic E-state index is 11.6. The van der Waals surface area contributed by atoms with Gasteiger partial charge in [0.25, 0.3) is 0 Å². The predicted molar refractivity (Wildman–Crippen MR) is 114 cm³/mol. The third-order valence-electron chi connectivity index (χ3n) is 5.04. The van der Waals surface area contributed by atoms with E-state index < -0.39 is 11.4 Å². The number of nitrogens with two attached hydrogens (primary N) is 1. The Bertz CT molecular complexity index is 700. The molecule has 0 radical (unpaired) electrons. The van der Waals surface area contributed by atoms with Crippen LogP contribution >= 0.6 is 23.2 Å². The number of nitrogens with zero attached hydrogens (tertiary/aromatic N) is 1. The molecule has 2 aromatic carbocycles. The van der Waals surface area contributed by atoms with Crippen LogP contribution in [0.5, 0.6) is 0 Å². The van der Waals surface area contributed by atoms with Gasteiger partial charge in [0.15, 0.2) is 0 Å². The van der Waals surface area contributed by atoms with E-state index in [1.807, 2.05) is 48.5 Å². The molecule has 1 atom stereocenters. The summed E-state index contributed by atoms with van der Waals surface area (Å²) in [7, 11) is 4.11. The summed E-state index contributed by atoms with van der Waals surface area (Å²) in [5.74, 6) is 0.224. The van der Waals surface area contributed by atoms with E-state index in [2.05, 4.69) is 31.2 Å². The number of carbonyl (C=O) groups is 1. The van der Waals surface area contributed by atoms with Crippen molar-refractivity contribution in [3.63, 3.8) is 0 Å². The molecule has 146 valence electrons. The molecule has 0 fully saturated rings. The zero-order chi connectivity index (χ0) is 20.0. The van der Waals surface area contributed by atoms with E-state index in [4.69, 9.17) is 28.9 Å². The van der Waals surface area contributed by atoms with Gasteiger partial charge >= 0.3 is 6.03 Å². The van der Waals surface area contributed by atoms with Crippen molar-refractivity contribution in [1.29, 1.82) is 0 Å². The lowest BCUT2D eigenvalue weighted by Crippen LogP contribution is -2.50. The first-order valence-corrected chi connectivity index (χ1v) is 9.75. The van der Waals surface area contributed by atoms with Crippen LogP contribution in [-0.4, -0.2) is 38.1 Å². The molecular formula is C21H27Cl2N3O. The molecule has 4 nitrogen and oxygen atoms in total. The first kappa shape index (κ1) is 21.5. The topological polar surface area (TPSA) is 58.4 Å². The molecule has 0 aliphatic heterocycles. The first-order chi connectivity index (χ1) is 12.8. The summed E-state index contributed by atoms with van der Waals surface area (Å²) in [6.45, 7) is 3.40. The van der Waals surface area contributed by atoms with Crippen LogP contribution < -0.4 is 11.1 Å². The van der Waals surface area contributed by atoms with Crippen LogP contribution in [0.15, 0.2) is 48.5 Å². The second-order valence-electron chi connectivity index (χ2n) is 7.07. The van der Waals surface area contributed by atoms with Crippen molar-refractivity contribution in [2.45, 2.75) is 18.8 Å². The number of amides is 2. The maximum absolute atomic E-state index is 11.6. The van der Waals surface area contributed by atoms with E-state index in [0.29, 0.717) is 16.6 Å². The predicted octanol–water partition coefficient (Wildman–Crippen LogP) is 4.54. The molecule has 0 heterocycles. The van der Waals surface area contributed by atoms with Gasteiger partial charge in [0.2, 0.25) is 0 Å². The van der Waals surface area contributed by atoms with Crippen molar-refractivity contribution >= 4 is 29.2 Å². The van der Waals surface area contributed by atoms with Gasteiger partial charge in [-0.15, -0.1) is 0 Å². The number of rotatable bonds is 8. The van der Waals surface area contributed by atoms with Gasteiger partial charge in [-0.2, -0.15) is 0 Å². The van der Waals surface area contributed by atoms with Gasteiger partial charge < -0.3 is 16.0 Å². The second-order valence-corrected chi connectivity index (χ2v) is 7.94. The maximum Gasteiger partial charge on any atom is 0.312 e. The molecule has 0 saturated heterocycles. The zero-order valence-corrected chi connectivity index (χ0v) is 17.5. The van der Waals surface area contributed by atoms with Crippen LogP contribution in [0.25, 0.3) is 0 Å². The third kappa shape index (κ3) is 5.16. The molecule has 2 rings (SSSR count). The Morgan fingerprint density at radius 1 is 1.04 bits per heavy atom. The Kier molecular flexibility index (Phi) is 7.54. The number of carbonyl (C=O) groups excluding carboxylic acids is 1. The fourth-order valence-corrected chi connectivity index (χ4v) is 4.03. The molecule has 0 saturated carbocycles. The lowest BCUT2D eigenvalue weighted by atomic mass is 9.64. The van der Waals surface area contributed by atoms with E-state index in [-0.39, 0.29) is 5.92 Å². The molecule has 0 bridgehead atoms. The third-order valence-corrected chi connectivity index (χ3v) is 5.54. The van der Waals surface area contributed by atoms with E-state index in [0.717, 1.165) is 24.1 Å². The molecule has 0 aliphatic rings. The van der Waals surface area contributed by atoms with Crippen molar-refractivity contribution in [1.82, 2.24) is 10.2 Å². The Morgan fingerprint density at radius 3 is 1.81 bits per heavy atom. The highest BCUT2D eigenvalue weighted by atomic mass is 35.5. The van der Waals surface area contributed by atoms with Crippen molar-refractivity contribution in [2.75, 3.05) is 27.2 Å². The number of primary amides is 1. The number of urea groups is 1. The summed E-state index contributed by atoms with van der Waals surface area (Å²) >= 11 is 12.3. The second kappa shape index (κ2) is 9.45. The van der Waals surface area contributed by atoms with Gasteiger partial charge in [0.05, 0.1) is 0 Å². The summed E-state index contributed by atoms with van der Waals surface area (Å²) in [5.41, 5.74) is 7.14. The van der Waals surface area contributed by atoms with Gasteiger partial charge in [-0.3, -0.25) is 0 Å². The Morgan fingerprint density at radius 2 is 1.48 bits per heavy atom. The van der Waals surface area contributed by atoms with Crippen molar-refractivity contribution in [3.05, 3.63) is 69.7 Å². The van der Waals surface area contributed by atoms with Crippen molar-refractivity contribution < 1.29 is 4.79 Å². The summed E-state index contributed by atoms with van der Waals surface area (Å²) < 4.78 is 0. The highest BCUT2D eigenvalue weighted by Gasteiger charge is 2.41. The van der Waals surface area contributed by atoms with Crippen LogP contribution in [0.3, 0.4) is 0 Å². The molecule has 0 aromatic heterocycles. The van der Waals surface area contributed by atoms with Crippen molar-refractivity contribution in [3.8, 4) is 0 Å². The molecule has 0 aliphatic carbocycles. The molecule has 6 heteroatoms. The van der Waals surface area contributed by atoms with Gasteiger partial charge in [-0.25, -0.2) is 4.79 Å². The minimum absolute atomic E-state index is 0.224. The quantitative estimate of drug-likeness (QED) is 0.674. The fourth-order valence-electron chi connectivity index (χ4n) is 3.78. The minimum Gasteiger partial charge on any atom is -0.352 e. The summed E-state index contributed by atoms with van der Waals surface area (Å²) in [6.07, 6.45) is 0.921. The van der Waals surface area contributed by atoms with E-state index in [1.54, 1.807) is 0 Å². The molecule has 27 heavy (non-hydrogen) atoms. The van der Waals surface area contributed by atoms with Crippen LogP contribution in [0.1, 0.15) is 24.5 Å². The molecule has 0 spiro atoms. The minimum atomic E-state index is -0.540. The standard InChI is InChI=1S/C21H27Cl2N3O/c1-4-15(13-26(2)3)21(14-25-20(24)27,16-5-9-18(22)10-6-16)17-7-11-19(23)12-8-17/h5-12,15H,4,13-14H2,1-3H3,(H3,24,25,27). The molecule has 1 unspecified atom stereocenters. The van der Waals surface area contributed by atoms with E-state index in [9.17, 15) is 4.79 Å². The average Bonchev–Trinajstić information content (AvgIpc) is 2.63. The van der Waals surface area contributed by atoms with E-state index >= 15 is 0 Å². The fraction of sp³-hybridized carbons (Fsp3) is 0.381. The van der Waals surface area contributed by atoms with Crippen LogP contribution in [0, 0.1) is 5.92 Å². The molecule has 3 N–H and O–H groups in total. The Labute approximate surface area is 171 Å². The Hall–Kier alpha value is -1.75. The average molecular weight is 408 g/mol.